The smallest absolute Gasteiger partial charge is 0.0810 e. The van der Waals surface area contributed by atoms with Gasteiger partial charge in [-0.15, -0.1) is 4.91 Å². The zero-order valence-corrected chi connectivity index (χ0v) is 9.99. The summed E-state index contributed by atoms with van der Waals surface area (Å²) in [6.07, 6.45) is 1.91. The lowest BCUT2D eigenvalue weighted by Gasteiger charge is -2.32. The minimum Gasteiger partial charge on any atom is -0.222 e. The highest BCUT2D eigenvalue weighted by Gasteiger charge is 2.28. The molecule has 1 unspecified atom stereocenters. The molecule has 3 rings (SSSR count). The Morgan fingerprint density at radius 3 is 2.50 bits per heavy atom. The molecular weight excluding hydrogens is 224 g/mol. The molecule has 2 aromatic carbocycles. The Morgan fingerprint density at radius 1 is 1.00 bits per heavy atom. The molecule has 90 valence electrons. The lowest BCUT2D eigenvalue weighted by molar-refractivity contribution is 0.559. The molecule has 0 spiro atoms. The van der Waals surface area contributed by atoms with Crippen molar-refractivity contribution in [1.29, 1.82) is 0 Å². The van der Waals surface area contributed by atoms with Crippen LogP contribution in [0.1, 0.15) is 23.6 Å². The monoisotopic (exact) mass is 238 g/mol. The number of rotatable bonds is 2. The highest BCUT2D eigenvalue weighted by molar-refractivity contribution is 5.56. The van der Waals surface area contributed by atoms with Crippen LogP contribution in [-0.2, 0) is 6.42 Å². The minimum absolute atomic E-state index is 0.0543. The van der Waals surface area contributed by atoms with E-state index in [0.717, 1.165) is 24.1 Å². The van der Waals surface area contributed by atoms with E-state index in [1.54, 1.807) is 5.01 Å². The summed E-state index contributed by atoms with van der Waals surface area (Å²) in [6, 6.07) is 18.1. The van der Waals surface area contributed by atoms with Gasteiger partial charge >= 0.3 is 0 Å². The van der Waals surface area contributed by atoms with Crippen LogP contribution in [0, 0.1) is 4.91 Å². The van der Waals surface area contributed by atoms with E-state index in [-0.39, 0.29) is 6.04 Å². The van der Waals surface area contributed by atoms with Crippen LogP contribution in [0.4, 0.5) is 5.69 Å². The summed E-state index contributed by atoms with van der Waals surface area (Å²) in [5.74, 6) is 0. The summed E-state index contributed by atoms with van der Waals surface area (Å²) < 4.78 is 0. The number of hydrogen-bond donors (Lipinski definition) is 0. The maximum absolute atomic E-state index is 11.2. The van der Waals surface area contributed by atoms with Crippen molar-refractivity contribution in [1.82, 2.24) is 0 Å². The third-order valence-corrected chi connectivity index (χ3v) is 3.49. The number of anilines is 1. The van der Waals surface area contributed by atoms with Gasteiger partial charge in [0.05, 0.1) is 17.0 Å². The molecule has 1 atom stereocenters. The minimum atomic E-state index is 0.0543. The molecule has 0 radical (unpaired) electrons. The lowest BCUT2D eigenvalue weighted by Crippen LogP contribution is -2.28. The van der Waals surface area contributed by atoms with Crippen LogP contribution in [0.15, 0.2) is 59.9 Å². The van der Waals surface area contributed by atoms with Crippen molar-refractivity contribution in [2.24, 2.45) is 5.29 Å². The fourth-order valence-electron chi connectivity index (χ4n) is 2.61. The van der Waals surface area contributed by atoms with Crippen LogP contribution < -0.4 is 5.01 Å². The van der Waals surface area contributed by atoms with Gasteiger partial charge in [-0.05, 0) is 30.0 Å². The summed E-state index contributed by atoms with van der Waals surface area (Å²) in [6.45, 7) is 0. The summed E-state index contributed by atoms with van der Waals surface area (Å²) >= 11 is 0. The second kappa shape index (κ2) is 4.61. The summed E-state index contributed by atoms with van der Waals surface area (Å²) in [7, 11) is 0. The van der Waals surface area contributed by atoms with Gasteiger partial charge in [-0.3, -0.25) is 0 Å². The van der Waals surface area contributed by atoms with Gasteiger partial charge in [0, 0.05) is 0 Å². The highest BCUT2D eigenvalue weighted by Crippen LogP contribution is 2.38. The Morgan fingerprint density at radius 2 is 1.72 bits per heavy atom. The first-order valence-electron chi connectivity index (χ1n) is 6.15. The first-order chi connectivity index (χ1) is 8.90. The molecule has 0 saturated heterocycles. The highest BCUT2D eigenvalue weighted by atomic mass is 16.3. The first kappa shape index (κ1) is 11.0. The molecule has 0 fully saturated rings. The standard InChI is InChI=1S/C15H14N2O/c18-16-17-14-9-5-4-8-13(14)10-11-15(17)12-6-2-1-3-7-12/h1-9,15H,10-11H2. The van der Waals surface area contributed by atoms with Gasteiger partial charge in [-0.2, -0.15) is 0 Å². The van der Waals surface area contributed by atoms with Crippen LogP contribution in [0.2, 0.25) is 0 Å². The number of fused-ring (bicyclic) bond motifs is 1. The number of benzene rings is 2. The SMILES string of the molecule is O=NN1c2ccccc2CCC1c1ccccc1. The number of nitrogens with zero attached hydrogens (tertiary/aromatic N) is 2. The zero-order chi connectivity index (χ0) is 12.4. The Bertz CT molecular complexity index is 553. The number of aryl methyl sites for hydroxylation is 1. The van der Waals surface area contributed by atoms with Gasteiger partial charge in [-0.25, -0.2) is 5.01 Å². The van der Waals surface area contributed by atoms with Crippen molar-refractivity contribution in [2.45, 2.75) is 18.9 Å². The van der Waals surface area contributed by atoms with Gasteiger partial charge < -0.3 is 0 Å². The Balaban J connectivity index is 2.02. The normalized spacial score (nSPS) is 18.2. The molecule has 0 amide bonds. The lowest BCUT2D eigenvalue weighted by atomic mass is 9.93. The topological polar surface area (TPSA) is 32.7 Å². The molecule has 0 aromatic heterocycles. The van der Waals surface area contributed by atoms with Crippen molar-refractivity contribution in [3.63, 3.8) is 0 Å². The maximum Gasteiger partial charge on any atom is 0.0810 e. The van der Waals surface area contributed by atoms with Gasteiger partial charge in [0.1, 0.15) is 0 Å². The molecule has 3 nitrogen and oxygen atoms in total. The van der Waals surface area contributed by atoms with E-state index in [1.807, 2.05) is 36.4 Å². The summed E-state index contributed by atoms with van der Waals surface area (Å²) in [5, 5.41) is 4.84. The van der Waals surface area contributed by atoms with Gasteiger partial charge in [0.25, 0.3) is 0 Å². The molecule has 0 saturated carbocycles. The molecule has 1 heterocycles. The predicted octanol–water partition coefficient (Wildman–Crippen LogP) is 3.86. The first-order valence-corrected chi connectivity index (χ1v) is 6.15. The van der Waals surface area contributed by atoms with Crippen molar-refractivity contribution >= 4 is 5.69 Å². The van der Waals surface area contributed by atoms with Crippen LogP contribution in [0.5, 0.6) is 0 Å². The molecule has 2 aromatic rings. The van der Waals surface area contributed by atoms with Crippen molar-refractivity contribution in [3.05, 3.63) is 70.6 Å². The Labute approximate surface area is 106 Å². The number of hydrogen-bond acceptors (Lipinski definition) is 2. The maximum atomic E-state index is 11.2. The fraction of sp³-hybridized carbons (Fsp3) is 0.200. The van der Waals surface area contributed by atoms with Gasteiger partial charge in [-0.1, -0.05) is 48.5 Å². The van der Waals surface area contributed by atoms with E-state index in [9.17, 15) is 4.91 Å². The van der Waals surface area contributed by atoms with Gasteiger partial charge in [0.15, 0.2) is 0 Å². The predicted molar refractivity (Wildman–Crippen MR) is 72.2 cm³/mol. The molecule has 0 bridgehead atoms. The third kappa shape index (κ3) is 1.78. The summed E-state index contributed by atoms with van der Waals surface area (Å²) in [4.78, 5) is 11.2. The molecule has 0 N–H and O–H groups in total. The molecule has 3 heteroatoms. The second-order valence-electron chi connectivity index (χ2n) is 4.52. The van der Waals surface area contributed by atoms with E-state index >= 15 is 0 Å². The van der Waals surface area contributed by atoms with Crippen molar-refractivity contribution in [3.8, 4) is 0 Å². The van der Waals surface area contributed by atoms with Crippen LogP contribution >= 0.6 is 0 Å². The molecule has 1 aliphatic rings. The molecule has 18 heavy (non-hydrogen) atoms. The van der Waals surface area contributed by atoms with E-state index in [2.05, 4.69) is 23.5 Å². The summed E-state index contributed by atoms with van der Waals surface area (Å²) in [5.41, 5.74) is 3.28. The number of nitroso groups, excluding NO2 is 1. The average Bonchev–Trinajstić information content (AvgIpc) is 2.47. The van der Waals surface area contributed by atoms with Crippen molar-refractivity contribution in [2.75, 3.05) is 5.01 Å². The quantitative estimate of drug-likeness (QED) is 0.744. The average molecular weight is 238 g/mol. The zero-order valence-electron chi connectivity index (χ0n) is 9.99. The fourth-order valence-corrected chi connectivity index (χ4v) is 2.61. The Hall–Kier alpha value is -2.16. The van der Waals surface area contributed by atoms with E-state index < -0.39 is 0 Å². The van der Waals surface area contributed by atoms with Crippen molar-refractivity contribution < 1.29 is 0 Å². The second-order valence-corrected chi connectivity index (χ2v) is 4.52. The van der Waals surface area contributed by atoms with Crippen LogP contribution in [0.25, 0.3) is 0 Å². The van der Waals surface area contributed by atoms with E-state index in [0.29, 0.717) is 0 Å². The molecule has 0 aliphatic carbocycles. The largest absolute Gasteiger partial charge is 0.222 e. The molecular formula is C15H14N2O. The molecule has 1 aliphatic heterocycles. The van der Waals surface area contributed by atoms with Gasteiger partial charge in [0.2, 0.25) is 0 Å². The Kier molecular flexibility index (Phi) is 2.81. The van der Waals surface area contributed by atoms with Crippen LogP contribution in [0.3, 0.4) is 0 Å². The van der Waals surface area contributed by atoms with E-state index in [4.69, 9.17) is 0 Å². The van der Waals surface area contributed by atoms with E-state index in [1.165, 1.54) is 5.56 Å². The van der Waals surface area contributed by atoms with Crippen LogP contribution in [-0.4, -0.2) is 0 Å². The third-order valence-electron chi connectivity index (χ3n) is 3.49. The number of para-hydroxylation sites is 1.